The fourth-order valence-electron chi connectivity index (χ4n) is 3.32. The summed E-state index contributed by atoms with van der Waals surface area (Å²) in [4.78, 5) is 13.8. The van der Waals surface area contributed by atoms with Gasteiger partial charge in [0.1, 0.15) is 5.82 Å². The highest BCUT2D eigenvalue weighted by Gasteiger charge is 2.20. The Hall–Kier alpha value is -2.12. The molecule has 27 heavy (non-hydrogen) atoms. The molecule has 7 heteroatoms. The fraction of sp³-hybridized carbons (Fsp3) is 0.350. The number of hydrogen-bond donors (Lipinski definition) is 1. The smallest absolute Gasteiger partial charge is 0.231 e. The number of benzene rings is 1. The van der Waals surface area contributed by atoms with Crippen molar-refractivity contribution in [2.75, 3.05) is 5.75 Å². The van der Waals surface area contributed by atoms with Crippen LogP contribution in [0.4, 0.5) is 0 Å². The summed E-state index contributed by atoms with van der Waals surface area (Å²) in [7, 11) is 0. The van der Waals surface area contributed by atoms with Gasteiger partial charge in [-0.05, 0) is 29.9 Å². The highest BCUT2D eigenvalue weighted by Crippen LogP contribution is 2.27. The molecule has 3 heterocycles. The summed E-state index contributed by atoms with van der Waals surface area (Å²) >= 11 is 3.13. The minimum atomic E-state index is -0.116. The van der Waals surface area contributed by atoms with E-state index in [-0.39, 0.29) is 11.9 Å². The van der Waals surface area contributed by atoms with E-state index in [1.807, 2.05) is 29.6 Å². The molecule has 0 saturated heterocycles. The van der Waals surface area contributed by atoms with Crippen LogP contribution in [0.25, 0.3) is 0 Å². The maximum absolute atomic E-state index is 12.7. The van der Waals surface area contributed by atoms with Crippen molar-refractivity contribution in [3.8, 4) is 0 Å². The molecule has 0 bridgehead atoms. The number of hydrogen-bond acceptors (Lipinski definition) is 5. The number of rotatable bonds is 6. The van der Waals surface area contributed by atoms with Crippen LogP contribution in [0, 0.1) is 0 Å². The molecule has 0 spiro atoms. The Morgan fingerprint density at radius 2 is 2.04 bits per heavy atom. The Bertz CT molecular complexity index is 877. The maximum atomic E-state index is 12.7. The quantitative estimate of drug-likeness (QED) is 0.636. The first-order valence-electron chi connectivity index (χ1n) is 9.24. The summed E-state index contributed by atoms with van der Waals surface area (Å²) in [5.74, 6) is 1.40. The largest absolute Gasteiger partial charge is 0.344 e. The van der Waals surface area contributed by atoms with Gasteiger partial charge < -0.3 is 9.88 Å². The van der Waals surface area contributed by atoms with Gasteiger partial charge in [-0.1, -0.05) is 54.6 Å². The number of aryl methyl sites for hydroxylation is 1. The molecule has 0 aliphatic carbocycles. The predicted molar refractivity (Wildman–Crippen MR) is 109 cm³/mol. The van der Waals surface area contributed by atoms with Crippen LogP contribution in [-0.2, 0) is 17.8 Å². The number of aromatic nitrogens is 3. The topological polar surface area (TPSA) is 59.8 Å². The molecule has 1 atom stereocenters. The van der Waals surface area contributed by atoms with Crippen molar-refractivity contribution in [3.63, 3.8) is 0 Å². The van der Waals surface area contributed by atoms with Crippen LogP contribution in [0.15, 0.2) is 53.0 Å². The zero-order valence-corrected chi connectivity index (χ0v) is 16.6. The van der Waals surface area contributed by atoms with E-state index >= 15 is 0 Å². The molecule has 4 rings (SSSR count). The summed E-state index contributed by atoms with van der Waals surface area (Å²) in [5.41, 5.74) is 1.09. The van der Waals surface area contributed by atoms with Gasteiger partial charge in [-0.25, -0.2) is 0 Å². The van der Waals surface area contributed by atoms with E-state index in [1.54, 1.807) is 11.3 Å². The van der Waals surface area contributed by atoms with Crippen LogP contribution in [0.1, 0.15) is 41.6 Å². The van der Waals surface area contributed by atoms with E-state index in [9.17, 15) is 4.79 Å². The number of amides is 1. The minimum Gasteiger partial charge on any atom is -0.344 e. The third kappa shape index (κ3) is 4.42. The van der Waals surface area contributed by atoms with E-state index in [0.29, 0.717) is 5.75 Å². The maximum Gasteiger partial charge on any atom is 0.231 e. The highest BCUT2D eigenvalue weighted by atomic mass is 32.2. The number of nitrogens with one attached hydrogen (secondary N) is 1. The molecular weight excluding hydrogens is 376 g/mol. The number of thioether (sulfide) groups is 1. The summed E-state index contributed by atoms with van der Waals surface area (Å²) in [6, 6.07) is 14.1. The Labute approximate surface area is 167 Å². The van der Waals surface area contributed by atoms with Gasteiger partial charge >= 0.3 is 0 Å². The van der Waals surface area contributed by atoms with Gasteiger partial charge in [0, 0.05) is 17.8 Å². The molecule has 3 aromatic rings. The second-order valence-corrected chi connectivity index (χ2v) is 8.50. The van der Waals surface area contributed by atoms with Gasteiger partial charge in [0.25, 0.3) is 0 Å². The van der Waals surface area contributed by atoms with Crippen LogP contribution >= 0.6 is 23.1 Å². The first-order valence-corrected chi connectivity index (χ1v) is 11.1. The first-order chi connectivity index (χ1) is 13.3. The second-order valence-electron chi connectivity index (χ2n) is 6.58. The third-order valence-electron chi connectivity index (χ3n) is 4.67. The van der Waals surface area contributed by atoms with Crippen molar-refractivity contribution in [2.45, 2.75) is 43.4 Å². The van der Waals surface area contributed by atoms with Gasteiger partial charge in [0.05, 0.1) is 11.8 Å². The minimum absolute atomic E-state index is 0.00762. The van der Waals surface area contributed by atoms with Gasteiger partial charge in [-0.15, -0.1) is 21.5 Å². The van der Waals surface area contributed by atoms with Gasteiger partial charge in [-0.2, -0.15) is 0 Å². The van der Waals surface area contributed by atoms with Gasteiger partial charge in [0.15, 0.2) is 5.16 Å². The molecule has 0 saturated carbocycles. The predicted octanol–water partition coefficient (Wildman–Crippen LogP) is 4.06. The number of fused-ring (bicyclic) bond motifs is 1. The Balaban J connectivity index is 1.43. The SMILES string of the molecule is O=C(CSc1nnc2n1CCCCC2)NC(c1ccccc1)c1cccs1. The van der Waals surface area contributed by atoms with Crippen molar-refractivity contribution >= 4 is 29.0 Å². The van der Waals surface area contributed by atoms with E-state index < -0.39 is 0 Å². The lowest BCUT2D eigenvalue weighted by atomic mass is 10.1. The molecule has 2 aromatic heterocycles. The zero-order chi connectivity index (χ0) is 18.5. The molecule has 5 nitrogen and oxygen atoms in total. The third-order valence-corrected chi connectivity index (χ3v) is 6.58. The van der Waals surface area contributed by atoms with Crippen molar-refractivity contribution < 1.29 is 4.79 Å². The van der Waals surface area contributed by atoms with Crippen molar-refractivity contribution in [1.82, 2.24) is 20.1 Å². The van der Waals surface area contributed by atoms with Gasteiger partial charge in [-0.3, -0.25) is 4.79 Å². The average Bonchev–Trinajstić information content (AvgIpc) is 3.30. The number of thiophene rings is 1. The molecule has 1 aliphatic rings. The standard InChI is InChI=1S/C20H22N4OS2/c25-18(14-27-20-23-22-17-11-5-2-6-12-24(17)20)21-19(16-10-7-13-26-16)15-8-3-1-4-9-15/h1,3-4,7-10,13,19H,2,5-6,11-12,14H2,(H,21,25). The second kappa shape index (κ2) is 8.71. The molecule has 0 radical (unpaired) electrons. The average molecular weight is 399 g/mol. The van der Waals surface area contributed by atoms with Crippen LogP contribution in [0.2, 0.25) is 0 Å². The summed E-state index contributed by atoms with van der Waals surface area (Å²) in [6.07, 6.45) is 4.53. The van der Waals surface area contributed by atoms with Crippen LogP contribution in [-0.4, -0.2) is 26.4 Å². The lowest BCUT2D eigenvalue weighted by molar-refractivity contribution is -0.119. The van der Waals surface area contributed by atoms with Crippen LogP contribution in [0.5, 0.6) is 0 Å². The summed E-state index contributed by atoms with van der Waals surface area (Å²) < 4.78 is 2.18. The normalized spacial score (nSPS) is 15.0. The number of nitrogens with zero attached hydrogens (tertiary/aromatic N) is 3. The molecule has 1 unspecified atom stereocenters. The molecule has 1 aliphatic heterocycles. The van der Waals surface area contributed by atoms with E-state index in [4.69, 9.17) is 0 Å². The highest BCUT2D eigenvalue weighted by molar-refractivity contribution is 7.99. The number of carbonyl (C=O) groups is 1. The number of carbonyl (C=O) groups excluding carboxylic acids is 1. The van der Waals surface area contributed by atoms with Crippen molar-refractivity contribution in [2.24, 2.45) is 0 Å². The summed E-state index contributed by atoms with van der Waals surface area (Å²) in [5, 5.41) is 14.7. The van der Waals surface area contributed by atoms with Crippen molar-refractivity contribution in [3.05, 3.63) is 64.1 Å². The van der Waals surface area contributed by atoms with E-state index in [1.165, 1.54) is 24.6 Å². The molecule has 140 valence electrons. The molecule has 1 amide bonds. The molecule has 1 N–H and O–H groups in total. The van der Waals surface area contributed by atoms with Crippen molar-refractivity contribution in [1.29, 1.82) is 0 Å². The Kier molecular flexibility index (Phi) is 5.89. The fourth-order valence-corrected chi connectivity index (χ4v) is 4.91. The molecular formula is C20H22N4OS2. The van der Waals surface area contributed by atoms with E-state index in [2.05, 4.69) is 38.3 Å². The lowest BCUT2D eigenvalue weighted by Crippen LogP contribution is -2.30. The molecule has 1 aromatic carbocycles. The Morgan fingerprint density at radius 1 is 1.15 bits per heavy atom. The molecule has 0 fully saturated rings. The summed E-state index contributed by atoms with van der Waals surface area (Å²) in [6.45, 7) is 0.953. The van der Waals surface area contributed by atoms with Crippen LogP contribution in [0.3, 0.4) is 0 Å². The van der Waals surface area contributed by atoms with Crippen LogP contribution < -0.4 is 5.32 Å². The Morgan fingerprint density at radius 3 is 2.85 bits per heavy atom. The van der Waals surface area contributed by atoms with E-state index in [0.717, 1.165) is 40.8 Å². The first kappa shape index (κ1) is 18.3. The lowest BCUT2D eigenvalue weighted by Gasteiger charge is -2.18. The van der Waals surface area contributed by atoms with Gasteiger partial charge in [0.2, 0.25) is 5.91 Å². The monoisotopic (exact) mass is 398 g/mol. The zero-order valence-electron chi connectivity index (χ0n) is 15.0.